The Balaban J connectivity index is 1.38. The molecular weight excluding hydrogens is 348 g/mol. The van der Waals surface area contributed by atoms with E-state index in [-0.39, 0.29) is 24.8 Å². The fraction of sp³-hybridized carbons (Fsp3) is 0.474. The van der Waals surface area contributed by atoms with Gasteiger partial charge < -0.3 is 19.9 Å². The molecule has 0 bridgehead atoms. The van der Waals surface area contributed by atoms with E-state index < -0.39 is 0 Å². The quantitative estimate of drug-likeness (QED) is 0.735. The minimum Gasteiger partial charge on any atom is -0.485 e. The highest BCUT2D eigenvalue weighted by atomic mass is 16.5. The lowest BCUT2D eigenvalue weighted by atomic mass is 10.2. The molecular formula is C19H24N4O4. The van der Waals surface area contributed by atoms with E-state index in [1.165, 1.54) is 12.8 Å². The Bertz CT molecular complexity index is 766. The minimum absolute atomic E-state index is 0.0114. The Kier molecular flexibility index (Phi) is 6.40. The molecule has 0 radical (unpaired) electrons. The average molecular weight is 372 g/mol. The van der Waals surface area contributed by atoms with Gasteiger partial charge in [0.2, 0.25) is 17.6 Å². The highest BCUT2D eigenvalue weighted by Gasteiger charge is 2.17. The normalized spacial score (nSPS) is 14.1. The summed E-state index contributed by atoms with van der Waals surface area (Å²) in [4.78, 5) is 28.1. The molecule has 0 aliphatic heterocycles. The van der Waals surface area contributed by atoms with Gasteiger partial charge in [-0.3, -0.25) is 9.59 Å². The second kappa shape index (κ2) is 9.16. The van der Waals surface area contributed by atoms with E-state index in [1.54, 1.807) is 31.2 Å². The number of hydrogen-bond donors (Lipinski definition) is 2. The van der Waals surface area contributed by atoms with E-state index in [9.17, 15) is 9.59 Å². The number of aromatic nitrogens is 2. The van der Waals surface area contributed by atoms with Gasteiger partial charge in [-0.15, -0.1) is 0 Å². The third kappa shape index (κ3) is 5.80. The van der Waals surface area contributed by atoms with Gasteiger partial charge in [0.05, 0.1) is 0 Å². The van der Waals surface area contributed by atoms with Crippen molar-refractivity contribution in [2.45, 2.75) is 51.7 Å². The van der Waals surface area contributed by atoms with Gasteiger partial charge >= 0.3 is 0 Å². The number of amides is 2. The molecule has 1 aliphatic rings. The second-order valence-corrected chi connectivity index (χ2v) is 6.60. The molecule has 1 aromatic carbocycles. The Labute approximate surface area is 157 Å². The molecule has 8 heteroatoms. The summed E-state index contributed by atoms with van der Waals surface area (Å²) in [5.41, 5.74) is 0.508. The predicted molar refractivity (Wildman–Crippen MR) is 97.2 cm³/mol. The van der Waals surface area contributed by atoms with Gasteiger partial charge in [0.1, 0.15) is 5.75 Å². The molecule has 3 rings (SSSR count). The molecule has 1 aromatic heterocycles. The molecule has 0 spiro atoms. The number of carbonyl (C=O) groups excluding carboxylic acids is 2. The van der Waals surface area contributed by atoms with Crippen LogP contribution in [-0.2, 0) is 11.4 Å². The number of ether oxygens (including phenoxy) is 1. The Morgan fingerprint density at radius 3 is 2.63 bits per heavy atom. The molecule has 0 unspecified atom stereocenters. The van der Waals surface area contributed by atoms with Crippen LogP contribution in [0.25, 0.3) is 0 Å². The number of aryl methyl sites for hydroxylation is 1. The van der Waals surface area contributed by atoms with Crippen LogP contribution in [0.4, 0.5) is 0 Å². The number of hydrogen-bond acceptors (Lipinski definition) is 6. The van der Waals surface area contributed by atoms with Gasteiger partial charge in [0.15, 0.2) is 6.61 Å². The molecule has 8 nitrogen and oxygen atoms in total. The zero-order valence-electron chi connectivity index (χ0n) is 15.4. The van der Waals surface area contributed by atoms with Gasteiger partial charge in [-0.25, -0.2) is 0 Å². The third-order valence-corrected chi connectivity index (χ3v) is 4.41. The lowest BCUT2D eigenvalue weighted by Gasteiger charge is -2.12. The van der Waals surface area contributed by atoms with Crippen molar-refractivity contribution in [3.63, 3.8) is 0 Å². The molecule has 1 aliphatic carbocycles. The minimum atomic E-state index is -0.219. The van der Waals surface area contributed by atoms with Crippen LogP contribution < -0.4 is 15.4 Å². The first-order valence-electron chi connectivity index (χ1n) is 9.20. The number of carbonyl (C=O) groups is 2. The first-order valence-corrected chi connectivity index (χ1v) is 9.20. The van der Waals surface area contributed by atoms with Crippen molar-refractivity contribution in [1.29, 1.82) is 0 Å². The maximum atomic E-state index is 12.1. The highest BCUT2D eigenvalue weighted by Crippen LogP contribution is 2.17. The summed E-state index contributed by atoms with van der Waals surface area (Å²) in [6, 6.07) is 7.05. The molecule has 2 N–H and O–H groups in total. The van der Waals surface area contributed by atoms with Crippen molar-refractivity contribution in [2.75, 3.05) is 6.54 Å². The van der Waals surface area contributed by atoms with Crippen LogP contribution in [0.2, 0.25) is 0 Å². The average Bonchev–Trinajstić information content (AvgIpc) is 3.32. The van der Waals surface area contributed by atoms with E-state index in [0.717, 1.165) is 12.8 Å². The van der Waals surface area contributed by atoms with E-state index in [1.807, 2.05) is 0 Å². The molecule has 2 amide bonds. The molecule has 1 fully saturated rings. The summed E-state index contributed by atoms with van der Waals surface area (Å²) in [6.45, 7) is 2.22. The molecule has 1 saturated carbocycles. The van der Waals surface area contributed by atoms with Crippen LogP contribution in [-0.4, -0.2) is 34.5 Å². The summed E-state index contributed by atoms with van der Waals surface area (Å²) in [6.07, 6.45) is 4.75. The van der Waals surface area contributed by atoms with Gasteiger partial charge in [-0.05, 0) is 37.1 Å². The van der Waals surface area contributed by atoms with Gasteiger partial charge in [0, 0.05) is 31.5 Å². The molecule has 0 saturated heterocycles. The maximum absolute atomic E-state index is 12.1. The molecule has 27 heavy (non-hydrogen) atoms. The van der Waals surface area contributed by atoms with Crippen LogP contribution >= 0.6 is 0 Å². The smallest absolute Gasteiger partial charge is 0.251 e. The number of nitrogens with zero attached hydrogens (tertiary/aromatic N) is 2. The van der Waals surface area contributed by atoms with Crippen LogP contribution in [0.5, 0.6) is 5.75 Å². The summed E-state index contributed by atoms with van der Waals surface area (Å²) in [5, 5.41) is 9.52. The van der Waals surface area contributed by atoms with E-state index in [0.29, 0.717) is 35.6 Å². The van der Waals surface area contributed by atoms with Crippen molar-refractivity contribution < 1.29 is 18.8 Å². The van der Waals surface area contributed by atoms with Crippen LogP contribution in [0, 0.1) is 6.92 Å². The van der Waals surface area contributed by atoms with E-state index in [2.05, 4.69) is 20.8 Å². The first-order chi connectivity index (χ1) is 13.1. The number of nitrogens with one attached hydrogen (secondary N) is 2. The monoisotopic (exact) mass is 372 g/mol. The molecule has 144 valence electrons. The number of benzene rings is 1. The fourth-order valence-corrected chi connectivity index (χ4v) is 3.01. The standard InChI is InChI=1S/C19H24N4O4/c1-13-21-17(23-27-13)12-26-16-8-6-14(7-9-16)19(25)20-11-10-18(24)22-15-4-2-3-5-15/h6-9,15H,2-5,10-12H2,1H3,(H,20,25)(H,22,24). The van der Waals surface area contributed by atoms with Crippen LogP contribution in [0.3, 0.4) is 0 Å². The van der Waals surface area contributed by atoms with Crippen molar-refractivity contribution in [3.8, 4) is 5.75 Å². The molecule has 0 atom stereocenters. The lowest BCUT2D eigenvalue weighted by Crippen LogP contribution is -2.35. The lowest BCUT2D eigenvalue weighted by molar-refractivity contribution is -0.121. The Hall–Kier alpha value is -2.90. The zero-order chi connectivity index (χ0) is 19.1. The third-order valence-electron chi connectivity index (χ3n) is 4.41. The van der Waals surface area contributed by atoms with Crippen molar-refractivity contribution in [1.82, 2.24) is 20.8 Å². The maximum Gasteiger partial charge on any atom is 0.251 e. The summed E-state index contributed by atoms with van der Waals surface area (Å²) < 4.78 is 10.4. The summed E-state index contributed by atoms with van der Waals surface area (Å²) in [5.74, 6) is 1.32. The Morgan fingerprint density at radius 1 is 1.22 bits per heavy atom. The topological polar surface area (TPSA) is 106 Å². The van der Waals surface area contributed by atoms with Gasteiger partial charge in [-0.2, -0.15) is 4.98 Å². The van der Waals surface area contributed by atoms with Crippen molar-refractivity contribution in [2.24, 2.45) is 0 Å². The van der Waals surface area contributed by atoms with E-state index >= 15 is 0 Å². The SMILES string of the molecule is Cc1nc(COc2ccc(C(=O)NCCC(=O)NC3CCCC3)cc2)no1. The van der Waals surface area contributed by atoms with Crippen molar-refractivity contribution >= 4 is 11.8 Å². The highest BCUT2D eigenvalue weighted by molar-refractivity contribution is 5.94. The largest absolute Gasteiger partial charge is 0.485 e. The first kappa shape index (κ1) is 18.9. The number of rotatable bonds is 8. The predicted octanol–water partition coefficient (Wildman–Crippen LogP) is 2.14. The van der Waals surface area contributed by atoms with Gasteiger partial charge in [-0.1, -0.05) is 18.0 Å². The van der Waals surface area contributed by atoms with E-state index in [4.69, 9.17) is 9.26 Å². The van der Waals surface area contributed by atoms with Gasteiger partial charge in [0.25, 0.3) is 5.91 Å². The van der Waals surface area contributed by atoms with Crippen LogP contribution in [0.1, 0.15) is 54.2 Å². The molecule has 2 aromatic rings. The fourth-order valence-electron chi connectivity index (χ4n) is 3.01. The molecule has 1 heterocycles. The van der Waals surface area contributed by atoms with Crippen LogP contribution in [0.15, 0.2) is 28.8 Å². The zero-order valence-corrected chi connectivity index (χ0v) is 15.4. The Morgan fingerprint density at radius 2 is 1.96 bits per heavy atom. The van der Waals surface area contributed by atoms with Crippen molar-refractivity contribution in [3.05, 3.63) is 41.5 Å². The summed E-state index contributed by atoms with van der Waals surface area (Å²) in [7, 11) is 0. The summed E-state index contributed by atoms with van der Waals surface area (Å²) >= 11 is 0. The second-order valence-electron chi connectivity index (χ2n) is 6.60.